The van der Waals surface area contributed by atoms with Crippen molar-refractivity contribution in [1.29, 1.82) is 0 Å². The van der Waals surface area contributed by atoms with Crippen LogP contribution in [-0.2, 0) is 20.2 Å². The van der Waals surface area contributed by atoms with Crippen LogP contribution >= 0.6 is 22.7 Å². The molecule has 2 N–H and O–H groups in total. The van der Waals surface area contributed by atoms with Crippen molar-refractivity contribution in [3.63, 3.8) is 0 Å². The number of fused-ring (bicyclic) bond motifs is 3. The molecule has 2 aromatic heterocycles. The van der Waals surface area contributed by atoms with E-state index in [1.807, 2.05) is 37.3 Å². The van der Waals surface area contributed by atoms with Crippen molar-refractivity contribution in [2.24, 2.45) is 20.5 Å². The first-order chi connectivity index (χ1) is 26.9. The Bertz CT molecular complexity index is 3110. The fraction of sp³-hybridized carbons (Fsp3) is 0.0769. The molecule has 0 aliphatic carbocycles. The van der Waals surface area contributed by atoms with E-state index in [4.69, 9.17) is 9.72 Å². The summed E-state index contributed by atoms with van der Waals surface area (Å²) in [6.45, 7) is 4.04. The zero-order chi connectivity index (χ0) is 39.2. The van der Waals surface area contributed by atoms with Crippen LogP contribution in [0.2, 0.25) is 0 Å². The summed E-state index contributed by atoms with van der Waals surface area (Å²) in [4.78, 5) is 8.82. The van der Waals surface area contributed by atoms with Gasteiger partial charge in [0.15, 0.2) is 0 Å². The molecule has 0 aliphatic heterocycles. The summed E-state index contributed by atoms with van der Waals surface area (Å²) in [5.41, 5.74) is 4.39. The minimum Gasteiger partial charge on any atom is -0.494 e. The van der Waals surface area contributed by atoms with Crippen molar-refractivity contribution in [2.45, 2.75) is 23.6 Å². The van der Waals surface area contributed by atoms with Gasteiger partial charge in [-0.25, -0.2) is 9.97 Å². The van der Waals surface area contributed by atoms with E-state index in [1.165, 1.54) is 28.7 Å². The van der Waals surface area contributed by atoms with E-state index >= 15 is 0 Å². The van der Waals surface area contributed by atoms with Crippen LogP contribution in [0, 0.1) is 6.92 Å². The van der Waals surface area contributed by atoms with Crippen LogP contribution in [-0.4, -0.2) is 42.5 Å². The molecule has 56 heavy (non-hydrogen) atoms. The molecule has 8 rings (SSSR count). The third kappa shape index (κ3) is 7.43. The number of hydrogen-bond donors (Lipinski definition) is 2. The number of nitrogens with zero attached hydrogens (tertiary/aromatic N) is 6. The Kier molecular flexibility index (Phi) is 9.73. The van der Waals surface area contributed by atoms with Crippen LogP contribution in [0.25, 0.3) is 52.3 Å². The average molecular weight is 821 g/mol. The van der Waals surface area contributed by atoms with Crippen LogP contribution in [0.1, 0.15) is 12.5 Å². The van der Waals surface area contributed by atoms with Crippen molar-refractivity contribution in [3.8, 4) is 26.9 Å². The predicted molar refractivity (Wildman–Crippen MR) is 218 cm³/mol. The number of aryl methyl sites for hydroxylation is 1. The molecule has 6 aromatic carbocycles. The maximum absolute atomic E-state index is 12.6. The lowest BCUT2D eigenvalue weighted by molar-refractivity contribution is 0.340. The molecule has 17 heteroatoms. The number of hydrogen-bond acceptors (Lipinski definition) is 13. The van der Waals surface area contributed by atoms with Crippen molar-refractivity contribution in [1.82, 2.24) is 9.97 Å². The van der Waals surface area contributed by atoms with Gasteiger partial charge in [0.05, 0.1) is 44.1 Å². The average Bonchev–Trinajstić information content (AvgIpc) is 3.80. The molecule has 0 fully saturated rings. The highest BCUT2D eigenvalue weighted by atomic mass is 32.2. The normalized spacial score (nSPS) is 12.5. The van der Waals surface area contributed by atoms with E-state index in [-0.39, 0.29) is 16.3 Å². The van der Waals surface area contributed by atoms with Gasteiger partial charge in [-0.2, -0.15) is 27.1 Å². The number of ether oxygens (including phenoxy) is 1. The van der Waals surface area contributed by atoms with Gasteiger partial charge >= 0.3 is 0 Å². The molecule has 0 spiro atoms. The zero-order valence-corrected chi connectivity index (χ0v) is 32.6. The molecule has 0 amide bonds. The van der Waals surface area contributed by atoms with E-state index in [9.17, 15) is 25.9 Å². The first-order valence-electron chi connectivity index (χ1n) is 16.8. The first-order valence-corrected chi connectivity index (χ1v) is 21.4. The molecule has 8 aromatic rings. The Labute approximate surface area is 328 Å². The number of aromatic nitrogens is 2. The van der Waals surface area contributed by atoms with Crippen LogP contribution in [0.15, 0.2) is 139 Å². The maximum Gasteiger partial charge on any atom is 0.296 e. The second kappa shape index (κ2) is 14.7. The van der Waals surface area contributed by atoms with Gasteiger partial charge in [0.1, 0.15) is 31.2 Å². The Morgan fingerprint density at radius 1 is 0.661 bits per heavy atom. The molecular weight excluding hydrogens is 793 g/mol. The maximum atomic E-state index is 12.6. The molecule has 0 saturated carbocycles. The summed E-state index contributed by atoms with van der Waals surface area (Å²) in [6, 6.07) is 31.2. The highest BCUT2D eigenvalue weighted by Crippen LogP contribution is 2.42. The third-order valence-electron chi connectivity index (χ3n) is 8.64. The Hall–Kier alpha value is -5.82. The fourth-order valence-electron chi connectivity index (χ4n) is 6.06. The van der Waals surface area contributed by atoms with Gasteiger partial charge in [0.2, 0.25) is 0 Å². The van der Waals surface area contributed by atoms with Crippen molar-refractivity contribution < 1.29 is 30.7 Å². The van der Waals surface area contributed by atoms with Gasteiger partial charge in [-0.05, 0) is 98.3 Å². The highest BCUT2D eigenvalue weighted by molar-refractivity contribution is 7.86. The number of rotatable bonds is 10. The van der Waals surface area contributed by atoms with Crippen molar-refractivity contribution in [2.75, 3.05) is 6.61 Å². The number of thiazole rings is 2. The van der Waals surface area contributed by atoms with Gasteiger partial charge in [-0.1, -0.05) is 30.3 Å². The fourth-order valence-corrected chi connectivity index (χ4v) is 10.0. The monoisotopic (exact) mass is 820 g/mol. The summed E-state index contributed by atoms with van der Waals surface area (Å²) in [7, 11) is -9.19. The van der Waals surface area contributed by atoms with Gasteiger partial charge in [0.25, 0.3) is 20.2 Å². The second-order valence-corrected chi connectivity index (χ2v) is 17.2. The molecule has 0 saturated heterocycles. The Morgan fingerprint density at radius 2 is 1.29 bits per heavy atom. The first kappa shape index (κ1) is 37.1. The SMILES string of the molecule is CCOc1ccc(N=Nc2cc(S(=O)(=O)O)c(N=Nc3ccc(-c4nc5ccc(-c6nc7ccc(C)c(S(=O)(=O)O)c7s6)cc5s4)cc3)c3ccccc23)cc1. The van der Waals surface area contributed by atoms with Crippen molar-refractivity contribution in [3.05, 3.63) is 115 Å². The predicted octanol–water partition coefficient (Wildman–Crippen LogP) is 11.4. The molecule has 0 radical (unpaired) electrons. The lowest BCUT2D eigenvalue weighted by Gasteiger charge is -2.09. The summed E-state index contributed by atoms with van der Waals surface area (Å²) in [5.74, 6) is 0.682. The quantitative estimate of drug-likeness (QED) is 0.0997. The Morgan fingerprint density at radius 3 is 1.98 bits per heavy atom. The molecule has 0 bridgehead atoms. The second-order valence-electron chi connectivity index (χ2n) is 12.4. The summed E-state index contributed by atoms with van der Waals surface area (Å²) < 4.78 is 76.4. The van der Waals surface area contributed by atoms with Gasteiger partial charge in [-0.3, -0.25) is 9.11 Å². The summed E-state index contributed by atoms with van der Waals surface area (Å²) in [5, 5.41) is 19.5. The molecule has 0 aliphatic rings. The lowest BCUT2D eigenvalue weighted by Crippen LogP contribution is -2.00. The van der Waals surface area contributed by atoms with Crippen molar-refractivity contribution >= 4 is 96.9 Å². The minimum absolute atomic E-state index is 0.0494. The van der Waals surface area contributed by atoms with Crippen LogP contribution in [0.5, 0.6) is 5.75 Å². The van der Waals surface area contributed by atoms with E-state index in [0.29, 0.717) is 55.3 Å². The van der Waals surface area contributed by atoms with Crippen LogP contribution < -0.4 is 4.74 Å². The van der Waals surface area contributed by atoms with E-state index < -0.39 is 25.1 Å². The van der Waals surface area contributed by atoms with Crippen LogP contribution in [0.3, 0.4) is 0 Å². The molecule has 13 nitrogen and oxygen atoms in total. The smallest absolute Gasteiger partial charge is 0.296 e. The molecule has 280 valence electrons. The largest absolute Gasteiger partial charge is 0.494 e. The summed E-state index contributed by atoms with van der Waals surface area (Å²) in [6.07, 6.45) is 0. The standard InChI is InChI=1S/C39H28N6O7S4/c1-3-52-27-16-14-26(15-17-27)42-44-32-21-34(55(46,47)48)35(29-7-5-4-6-28(29)32)45-43-25-12-9-23(10-13-25)38-40-30-19-11-24(20-33(30)53-38)39-41-31-18-8-22(2)37(36(31)54-39)56(49,50)51/h4-21H,3H2,1-2H3,(H,46,47,48)(H,49,50,51). The zero-order valence-electron chi connectivity index (χ0n) is 29.4. The number of azo groups is 2. The lowest BCUT2D eigenvalue weighted by atomic mass is 10.1. The Balaban J connectivity index is 1.07. The number of benzene rings is 6. The topological polar surface area (TPSA) is 193 Å². The highest BCUT2D eigenvalue weighted by Gasteiger charge is 2.23. The van der Waals surface area contributed by atoms with E-state index in [0.717, 1.165) is 26.4 Å². The minimum atomic E-state index is -4.76. The van der Waals surface area contributed by atoms with E-state index in [2.05, 4.69) is 25.4 Å². The molecule has 0 unspecified atom stereocenters. The third-order valence-corrected chi connectivity index (χ3v) is 12.9. The molecule has 2 heterocycles. The van der Waals surface area contributed by atoms with Gasteiger partial charge in [0, 0.05) is 21.9 Å². The van der Waals surface area contributed by atoms with Crippen LogP contribution in [0.4, 0.5) is 22.7 Å². The molecule has 0 atom stereocenters. The van der Waals surface area contributed by atoms with Gasteiger partial charge < -0.3 is 4.74 Å². The summed E-state index contributed by atoms with van der Waals surface area (Å²) >= 11 is 2.66. The van der Waals surface area contributed by atoms with Gasteiger partial charge in [-0.15, -0.1) is 32.9 Å². The molecular formula is C39H28N6O7S4. The van der Waals surface area contributed by atoms with E-state index in [1.54, 1.807) is 79.7 Å².